The van der Waals surface area contributed by atoms with Gasteiger partial charge in [-0.15, -0.1) is 13.2 Å². The lowest BCUT2D eigenvalue weighted by atomic mass is 10.0. The maximum absolute atomic E-state index is 12.2. The minimum Gasteiger partial charge on any atom is -0.406 e. The molecule has 1 aromatic heterocycles. The molecule has 2 N–H and O–H groups in total. The van der Waals surface area contributed by atoms with Gasteiger partial charge in [-0.25, -0.2) is 0 Å². The van der Waals surface area contributed by atoms with Gasteiger partial charge in [-0.2, -0.15) is 0 Å². The summed E-state index contributed by atoms with van der Waals surface area (Å²) < 4.78 is 40.4. The molecular formula is C14H11F3N2O2. The molecule has 21 heavy (non-hydrogen) atoms. The van der Waals surface area contributed by atoms with Gasteiger partial charge >= 0.3 is 6.36 Å². The quantitative estimate of drug-likeness (QED) is 0.943. The van der Waals surface area contributed by atoms with Crippen LogP contribution in [-0.2, 0) is 6.42 Å². The number of nitrogens with two attached hydrogens (primary N) is 1. The number of aromatic nitrogens is 1. The zero-order chi connectivity index (χ0) is 15.5. The van der Waals surface area contributed by atoms with Gasteiger partial charge in [0.2, 0.25) is 0 Å². The molecule has 0 radical (unpaired) electrons. The van der Waals surface area contributed by atoms with Crippen LogP contribution in [0.15, 0.2) is 42.6 Å². The van der Waals surface area contributed by atoms with Gasteiger partial charge in [-0.05, 0) is 29.8 Å². The first-order valence-electron chi connectivity index (χ1n) is 5.93. The second-order valence-corrected chi connectivity index (χ2v) is 4.23. The fourth-order valence-corrected chi connectivity index (χ4v) is 1.85. The zero-order valence-corrected chi connectivity index (χ0v) is 10.7. The number of pyridine rings is 1. The average Bonchev–Trinajstić information content (AvgIpc) is 2.37. The van der Waals surface area contributed by atoms with E-state index in [-0.39, 0.29) is 17.7 Å². The molecule has 2 aromatic rings. The number of amides is 1. The minimum absolute atomic E-state index is 0.175. The fraction of sp³-hybridized carbons (Fsp3) is 0.143. The van der Waals surface area contributed by atoms with E-state index in [9.17, 15) is 18.0 Å². The van der Waals surface area contributed by atoms with Crippen molar-refractivity contribution in [1.82, 2.24) is 4.98 Å². The third-order valence-corrected chi connectivity index (χ3v) is 2.66. The molecule has 0 aliphatic carbocycles. The Morgan fingerprint density at radius 3 is 2.67 bits per heavy atom. The normalized spacial score (nSPS) is 11.2. The fourth-order valence-electron chi connectivity index (χ4n) is 1.85. The number of alkyl halides is 3. The number of hydrogen-bond donors (Lipinski definition) is 1. The van der Waals surface area contributed by atoms with E-state index in [0.717, 1.165) is 0 Å². The van der Waals surface area contributed by atoms with E-state index in [1.165, 1.54) is 30.5 Å². The summed E-state index contributed by atoms with van der Waals surface area (Å²) >= 11 is 0. The molecule has 0 fully saturated rings. The van der Waals surface area contributed by atoms with Gasteiger partial charge in [-0.1, -0.05) is 12.1 Å². The van der Waals surface area contributed by atoms with E-state index in [4.69, 9.17) is 5.73 Å². The largest absolute Gasteiger partial charge is 0.573 e. The van der Waals surface area contributed by atoms with Crippen molar-refractivity contribution in [1.29, 1.82) is 0 Å². The van der Waals surface area contributed by atoms with Crippen LogP contribution in [0.3, 0.4) is 0 Å². The summed E-state index contributed by atoms with van der Waals surface area (Å²) in [5, 5.41) is 0. The first kappa shape index (κ1) is 14.8. The summed E-state index contributed by atoms with van der Waals surface area (Å²) in [5.41, 5.74) is 6.39. The number of primary amides is 1. The van der Waals surface area contributed by atoms with Crippen molar-refractivity contribution in [2.45, 2.75) is 12.8 Å². The van der Waals surface area contributed by atoms with E-state index < -0.39 is 12.3 Å². The Kier molecular flexibility index (Phi) is 4.11. The van der Waals surface area contributed by atoms with Crippen LogP contribution in [0.4, 0.5) is 13.2 Å². The Labute approximate surface area is 118 Å². The molecule has 1 heterocycles. The van der Waals surface area contributed by atoms with E-state index in [1.54, 1.807) is 12.1 Å². The summed E-state index contributed by atoms with van der Waals surface area (Å²) in [7, 11) is 0. The molecule has 1 aromatic carbocycles. The number of carbonyl (C=O) groups is 1. The van der Waals surface area contributed by atoms with Gasteiger partial charge in [0.1, 0.15) is 5.75 Å². The van der Waals surface area contributed by atoms with E-state index in [0.29, 0.717) is 11.3 Å². The molecule has 0 atom stereocenters. The minimum atomic E-state index is -4.75. The Balaban J connectivity index is 2.25. The van der Waals surface area contributed by atoms with Crippen molar-refractivity contribution in [3.05, 3.63) is 59.4 Å². The molecule has 1 amide bonds. The highest BCUT2D eigenvalue weighted by Crippen LogP contribution is 2.24. The molecule has 0 saturated heterocycles. The number of hydrogen-bond acceptors (Lipinski definition) is 3. The van der Waals surface area contributed by atoms with Crippen LogP contribution >= 0.6 is 0 Å². The summed E-state index contributed by atoms with van der Waals surface area (Å²) in [4.78, 5) is 15.3. The van der Waals surface area contributed by atoms with Gasteiger partial charge in [0.25, 0.3) is 5.91 Å². The Morgan fingerprint density at radius 2 is 2.00 bits per heavy atom. The van der Waals surface area contributed by atoms with Crippen LogP contribution in [-0.4, -0.2) is 17.3 Å². The van der Waals surface area contributed by atoms with Crippen molar-refractivity contribution in [2.75, 3.05) is 0 Å². The first-order chi connectivity index (χ1) is 9.85. The topological polar surface area (TPSA) is 65.2 Å². The molecule has 0 aliphatic rings. The molecule has 0 unspecified atom stereocenters. The summed E-state index contributed by atoms with van der Waals surface area (Å²) in [6, 6.07) is 8.57. The molecule has 0 aliphatic heterocycles. The number of ether oxygens (including phenoxy) is 1. The smallest absolute Gasteiger partial charge is 0.406 e. The highest BCUT2D eigenvalue weighted by molar-refractivity contribution is 5.93. The number of nitrogens with zero attached hydrogens (tertiary/aromatic N) is 1. The monoisotopic (exact) mass is 296 g/mol. The lowest BCUT2D eigenvalue weighted by molar-refractivity contribution is -0.274. The summed E-state index contributed by atoms with van der Waals surface area (Å²) in [6.07, 6.45) is -3.09. The van der Waals surface area contributed by atoms with Crippen LogP contribution in [0.2, 0.25) is 0 Å². The highest BCUT2D eigenvalue weighted by Gasteiger charge is 2.31. The van der Waals surface area contributed by atoms with Crippen molar-refractivity contribution in [3.63, 3.8) is 0 Å². The maximum Gasteiger partial charge on any atom is 0.573 e. The molecule has 2 rings (SSSR count). The third-order valence-electron chi connectivity index (χ3n) is 2.66. The van der Waals surface area contributed by atoms with Crippen LogP contribution in [0.1, 0.15) is 21.6 Å². The zero-order valence-electron chi connectivity index (χ0n) is 10.7. The lowest BCUT2D eigenvalue weighted by Crippen LogP contribution is -2.17. The molecule has 0 saturated carbocycles. The van der Waals surface area contributed by atoms with Crippen molar-refractivity contribution in [2.24, 2.45) is 5.73 Å². The van der Waals surface area contributed by atoms with Crippen LogP contribution in [0.25, 0.3) is 0 Å². The van der Waals surface area contributed by atoms with Crippen molar-refractivity contribution >= 4 is 5.91 Å². The Hall–Kier alpha value is -2.57. The van der Waals surface area contributed by atoms with Gasteiger partial charge in [0.15, 0.2) is 0 Å². The molecule has 0 bridgehead atoms. The number of rotatable bonds is 4. The van der Waals surface area contributed by atoms with Crippen LogP contribution < -0.4 is 10.5 Å². The second kappa shape index (κ2) is 5.82. The van der Waals surface area contributed by atoms with Gasteiger partial charge in [0.05, 0.1) is 11.3 Å². The third kappa shape index (κ3) is 4.20. The predicted octanol–water partition coefficient (Wildman–Crippen LogP) is 2.67. The number of halogens is 3. The average molecular weight is 296 g/mol. The maximum atomic E-state index is 12.2. The standard InChI is InChI=1S/C14H11F3N2O2/c15-14(16,17)21-10-4-1-3-9(7-10)8-12-11(13(18)20)5-2-6-19-12/h1-7H,8H2,(H2,18,20). The first-order valence-corrected chi connectivity index (χ1v) is 5.93. The molecule has 7 heteroatoms. The van der Waals surface area contributed by atoms with E-state index in [1.807, 2.05) is 0 Å². The molecular weight excluding hydrogens is 285 g/mol. The summed E-state index contributed by atoms with van der Waals surface area (Å²) in [5.74, 6) is -0.961. The highest BCUT2D eigenvalue weighted by atomic mass is 19.4. The van der Waals surface area contributed by atoms with Gasteiger partial charge in [0, 0.05) is 12.6 Å². The number of benzene rings is 1. The second-order valence-electron chi connectivity index (χ2n) is 4.23. The predicted molar refractivity (Wildman–Crippen MR) is 68.7 cm³/mol. The van der Waals surface area contributed by atoms with Crippen molar-refractivity contribution in [3.8, 4) is 5.75 Å². The van der Waals surface area contributed by atoms with Crippen LogP contribution in [0, 0.1) is 0 Å². The molecule has 0 spiro atoms. The lowest BCUT2D eigenvalue weighted by Gasteiger charge is -2.10. The van der Waals surface area contributed by atoms with E-state index in [2.05, 4.69) is 9.72 Å². The Bertz CT molecular complexity index is 657. The molecule has 4 nitrogen and oxygen atoms in total. The van der Waals surface area contributed by atoms with Gasteiger partial charge in [-0.3, -0.25) is 9.78 Å². The SMILES string of the molecule is NC(=O)c1cccnc1Cc1cccc(OC(F)(F)F)c1. The van der Waals surface area contributed by atoms with E-state index >= 15 is 0 Å². The number of carbonyl (C=O) groups excluding carboxylic acids is 1. The summed E-state index contributed by atoms with van der Waals surface area (Å²) in [6.45, 7) is 0. The van der Waals surface area contributed by atoms with Gasteiger partial charge < -0.3 is 10.5 Å². The van der Waals surface area contributed by atoms with Crippen LogP contribution in [0.5, 0.6) is 5.75 Å². The Morgan fingerprint density at radius 1 is 1.24 bits per heavy atom. The molecule has 110 valence electrons. The van der Waals surface area contributed by atoms with Crippen molar-refractivity contribution < 1.29 is 22.7 Å².